The third-order valence-corrected chi connectivity index (χ3v) is 2.71. The van der Waals surface area contributed by atoms with E-state index >= 15 is 0 Å². The van der Waals surface area contributed by atoms with Crippen LogP contribution in [-0.4, -0.2) is 18.1 Å². The standard InChI is InChI=1S/C16H15NO3/c1-3-7-12-8-6-10-14(19-2)15(12)20-16(18)13-9-4-5-11-17-13/h3-6,8-11H,1,7H2,2H3. The number of aromatic nitrogens is 1. The summed E-state index contributed by atoms with van der Waals surface area (Å²) in [5, 5.41) is 0. The fraction of sp³-hybridized carbons (Fsp3) is 0.125. The van der Waals surface area contributed by atoms with E-state index in [1.807, 2.05) is 12.1 Å². The monoisotopic (exact) mass is 269 g/mol. The number of nitrogens with zero attached hydrogens (tertiary/aromatic N) is 1. The lowest BCUT2D eigenvalue weighted by Crippen LogP contribution is -2.12. The Kier molecular flexibility index (Phi) is 4.50. The lowest BCUT2D eigenvalue weighted by Gasteiger charge is -2.12. The van der Waals surface area contributed by atoms with Crippen LogP contribution in [0.1, 0.15) is 16.1 Å². The summed E-state index contributed by atoms with van der Waals surface area (Å²) in [5.41, 5.74) is 1.09. The highest BCUT2D eigenvalue weighted by Gasteiger charge is 2.16. The van der Waals surface area contributed by atoms with Gasteiger partial charge in [0, 0.05) is 11.8 Å². The van der Waals surface area contributed by atoms with E-state index in [0.717, 1.165) is 5.56 Å². The van der Waals surface area contributed by atoms with Gasteiger partial charge in [-0.15, -0.1) is 6.58 Å². The zero-order valence-electron chi connectivity index (χ0n) is 11.2. The van der Waals surface area contributed by atoms with Gasteiger partial charge in [0.25, 0.3) is 0 Å². The van der Waals surface area contributed by atoms with Gasteiger partial charge < -0.3 is 9.47 Å². The van der Waals surface area contributed by atoms with Crippen LogP contribution in [0.3, 0.4) is 0 Å². The molecular formula is C16H15NO3. The Morgan fingerprint density at radius 1 is 1.30 bits per heavy atom. The average Bonchev–Trinajstić information content (AvgIpc) is 2.50. The number of benzene rings is 1. The molecule has 1 aromatic carbocycles. The van der Waals surface area contributed by atoms with E-state index in [1.54, 1.807) is 36.5 Å². The first kappa shape index (κ1) is 13.8. The first-order valence-corrected chi connectivity index (χ1v) is 6.16. The second-order valence-corrected chi connectivity index (χ2v) is 4.05. The fourth-order valence-electron chi connectivity index (χ4n) is 1.78. The highest BCUT2D eigenvalue weighted by atomic mass is 16.6. The summed E-state index contributed by atoms with van der Waals surface area (Å²) >= 11 is 0. The summed E-state index contributed by atoms with van der Waals surface area (Å²) in [6, 6.07) is 10.5. The molecule has 102 valence electrons. The summed E-state index contributed by atoms with van der Waals surface area (Å²) in [7, 11) is 1.53. The molecule has 0 saturated heterocycles. The zero-order valence-corrected chi connectivity index (χ0v) is 11.2. The van der Waals surface area contributed by atoms with Crippen LogP contribution in [0.15, 0.2) is 55.3 Å². The van der Waals surface area contributed by atoms with Crippen molar-refractivity contribution < 1.29 is 14.3 Å². The second kappa shape index (κ2) is 6.52. The summed E-state index contributed by atoms with van der Waals surface area (Å²) in [5.74, 6) is 0.402. The van der Waals surface area contributed by atoms with Gasteiger partial charge in [-0.1, -0.05) is 24.3 Å². The number of rotatable bonds is 5. The first-order valence-electron chi connectivity index (χ1n) is 6.16. The van der Waals surface area contributed by atoms with Crippen molar-refractivity contribution in [2.45, 2.75) is 6.42 Å². The topological polar surface area (TPSA) is 48.4 Å². The van der Waals surface area contributed by atoms with E-state index in [9.17, 15) is 4.79 Å². The fourth-order valence-corrected chi connectivity index (χ4v) is 1.78. The predicted molar refractivity (Wildman–Crippen MR) is 76.1 cm³/mol. The van der Waals surface area contributed by atoms with Gasteiger partial charge >= 0.3 is 5.97 Å². The SMILES string of the molecule is C=CCc1cccc(OC)c1OC(=O)c1ccccn1. The second-order valence-electron chi connectivity index (χ2n) is 4.05. The molecule has 0 N–H and O–H groups in total. The van der Waals surface area contributed by atoms with Gasteiger partial charge in [0.05, 0.1) is 7.11 Å². The van der Waals surface area contributed by atoms with Crippen LogP contribution >= 0.6 is 0 Å². The molecule has 0 fully saturated rings. The van der Waals surface area contributed by atoms with Crippen molar-refractivity contribution in [2.24, 2.45) is 0 Å². The van der Waals surface area contributed by atoms with Crippen molar-refractivity contribution in [1.82, 2.24) is 4.98 Å². The van der Waals surface area contributed by atoms with E-state index in [1.165, 1.54) is 7.11 Å². The minimum Gasteiger partial charge on any atom is -0.493 e. The van der Waals surface area contributed by atoms with Gasteiger partial charge in [0.2, 0.25) is 0 Å². The Labute approximate surface area is 117 Å². The number of carbonyl (C=O) groups excluding carboxylic acids is 1. The van der Waals surface area contributed by atoms with Gasteiger partial charge in [0.1, 0.15) is 5.69 Å². The van der Waals surface area contributed by atoms with Crippen LogP contribution in [-0.2, 0) is 6.42 Å². The summed E-state index contributed by atoms with van der Waals surface area (Å²) in [6.45, 7) is 3.70. The van der Waals surface area contributed by atoms with Crippen molar-refractivity contribution >= 4 is 5.97 Å². The molecule has 0 spiro atoms. The number of hydrogen-bond donors (Lipinski definition) is 0. The van der Waals surface area contributed by atoms with Gasteiger partial charge in [-0.25, -0.2) is 9.78 Å². The minimum atomic E-state index is -0.514. The van der Waals surface area contributed by atoms with Crippen molar-refractivity contribution in [2.75, 3.05) is 7.11 Å². The quantitative estimate of drug-likeness (QED) is 0.475. The highest BCUT2D eigenvalue weighted by molar-refractivity contribution is 5.89. The smallest absolute Gasteiger partial charge is 0.362 e. The van der Waals surface area contributed by atoms with Crippen molar-refractivity contribution in [3.05, 3.63) is 66.5 Å². The third kappa shape index (κ3) is 3.03. The number of carbonyl (C=O) groups is 1. The number of ether oxygens (including phenoxy) is 2. The Morgan fingerprint density at radius 2 is 2.15 bits per heavy atom. The molecule has 0 unspecified atom stereocenters. The molecule has 0 atom stereocenters. The maximum atomic E-state index is 12.1. The minimum absolute atomic E-state index is 0.253. The van der Waals surface area contributed by atoms with Crippen LogP contribution in [0.25, 0.3) is 0 Å². The molecule has 20 heavy (non-hydrogen) atoms. The molecule has 0 amide bonds. The zero-order chi connectivity index (χ0) is 14.4. The van der Waals surface area contributed by atoms with E-state index in [0.29, 0.717) is 17.9 Å². The van der Waals surface area contributed by atoms with Crippen molar-refractivity contribution in [3.63, 3.8) is 0 Å². The molecule has 1 heterocycles. The Bertz CT molecular complexity index is 608. The van der Waals surface area contributed by atoms with Crippen LogP contribution in [0.2, 0.25) is 0 Å². The molecule has 2 aromatic rings. The summed E-state index contributed by atoms with van der Waals surface area (Å²) < 4.78 is 10.7. The molecule has 0 saturated carbocycles. The third-order valence-electron chi connectivity index (χ3n) is 2.71. The molecule has 0 bridgehead atoms. The number of hydrogen-bond acceptors (Lipinski definition) is 4. The Morgan fingerprint density at radius 3 is 2.80 bits per heavy atom. The number of allylic oxidation sites excluding steroid dienone is 1. The number of para-hydroxylation sites is 1. The van der Waals surface area contributed by atoms with Crippen LogP contribution in [0.5, 0.6) is 11.5 Å². The van der Waals surface area contributed by atoms with Gasteiger partial charge in [-0.3, -0.25) is 0 Å². The van der Waals surface area contributed by atoms with Crippen LogP contribution in [0, 0.1) is 0 Å². The Hall–Kier alpha value is -2.62. The first-order chi connectivity index (χ1) is 9.76. The van der Waals surface area contributed by atoms with E-state index in [2.05, 4.69) is 11.6 Å². The van der Waals surface area contributed by atoms with E-state index in [-0.39, 0.29) is 5.69 Å². The van der Waals surface area contributed by atoms with Crippen molar-refractivity contribution in [3.8, 4) is 11.5 Å². The largest absolute Gasteiger partial charge is 0.493 e. The molecular weight excluding hydrogens is 254 g/mol. The lowest BCUT2D eigenvalue weighted by atomic mass is 10.1. The summed E-state index contributed by atoms with van der Waals surface area (Å²) in [4.78, 5) is 16.0. The molecule has 4 nitrogen and oxygen atoms in total. The van der Waals surface area contributed by atoms with Crippen LogP contribution in [0.4, 0.5) is 0 Å². The number of pyridine rings is 1. The molecule has 0 radical (unpaired) electrons. The van der Waals surface area contributed by atoms with Crippen molar-refractivity contribution in [1.29, 1.82) is 0 Å². The lowest BCUT2D eigenvalue weighted by molar-refractivity contribution is 0.0722. The predicted octanol–water partition coefficient (Wildman–Crippen LogP) is 3.04. The molecule has 1 aromatic heterocycles. The molecule has 0 aliphatic carbocycles. The normalized spacial score (nSPS) is 9.85. The number of esters is 1. The Balaban J connectivity index is 2.32. The van der Waals surface area contributed by atoms with E-state index < -0.39 is 5.97 Å². The average molecular weight is 269 g/mol. The van der Waals surface area contributed by atoms with Gasteiger partial charge in [0.15, 0.2) is 11.5 Å². The maximum Gasteiger partial charge on any atom is 0.362 e. The van der Waals surface area contributed by atoms with Gasteiger partial charge in [-0.2, -0.15) is 0 Å². The van der Waals surface area contributed by atoms with Gasteiger partial charge in [-0.05, 0) is 24.6 Å². The summed E-state index contributed by atoms with van der Waals surface area (Å²) in [6.07, 6.45) is 3.87. The molecule has 0 aliphatic rings. The van der Waals surface area contributed by atoms with E-state index in [4.69, 9.17) is 9.47 Å². The highest BCUT2D eigenvalue weighted by Crippen LogP contribution is 2.32. The number of methoxy groups -OCH3 is 1. The molecule has 2 rings (SSSR count). The van der Waals surface area contributed by atoms with Crippen LogP contribution < -0.4 is 9.47 Å². The molecule has 4 heteroatoms. The maximum absolute atomic E-state index is 12.1. The molecule has 0 aliphatic heterocycles.